The first kappa shape index (κ1) is 46.8. The molecule has 0 radical (unpaired) electrons. The fraction of sp³-hybridized carbons (Fsp3) is 0.491. The summed E-state index contributed by atoms with van der Waals surface area (Å²) in [6.07, 6.45) is 14.7. The number of rotatable bonds is 14. The number of nitrogens with one attached hydrogen (secondary N) is 1. The Morgan fingerprint density at radius 1 is 0.826 bits per heavy atom. The zero-order chi connectivity index (χ0) is 47.8. The quantitative estimate of drug-likeness (QED) is 0.0730. The Kier molecular flexibility index (Phi) is 13.7. The van der Waals surface area contributed by atoms with Gasteiger partial charge in [-0.05, 0) is 174 Å². The van der Waals surface area contributed by atoms with Crippen molar-refractivity contribution in [1.82, 2.24) is 38.8 Å². The number of Topliss-reactive ketones (excluding diaryl/α,β-unsaturated/α-hetero) is 1. The number of piperidine rings is 3. The van der Waals surface area contributed by atoms with Gasteiger partial charge in [0.15, 0.2) is 5.78 Å². The van der Waals surface area contributed by atoms with E-state index in [1.807, 2.05) is 30.6 Å². The number of nitrogen functional groups attached to an aromatic ring is 1. The largest absolute Gasteiger partial charge is 0.395 e. The number of carbonyl (C=O) groups is 3. The van der Waals surface area contributed by atoms with E-state index in [9.17, 15) is 24.3 Å². The maximum atomic E-state index is 13.6. The minimum absolute atomic E-state index is 0.145. The number of aliphatic hydroxyl groups is 1. The lowest BCUT2D eigenvalue weighted by atomic mass is 9.78. The Bertz CT molecular complexity index is 2880. The smallest absolute Gasteiger partial charge is 0.329 e. The first-order valence-corrected chi connectivity index (χ1v) is 25.4. The molecule has 3 saturated heterocycles. The van der Waals surface area contributed by atoms with Crippen LogP contribution in [-0.4, -0.2) is 95.5 Å². The molecule has 1 aliphatic carbocycles. The number of fused-ring (bicyclic) bond motifs is 2. The Morgan fingerprint density at radius 3 is 2.29 bits per heavy atom. The van der Waals surface area contributed by atoms with Gasteiger partial charge in [0.1, 0.15) is 17.5 Å². The molecule has 0 spiro atoms. The highest BCUT2D eigenvalue weighted by molar-refractivity contribution is 6.00. The van der Waals surface area contributed by atoms with E-state index in [0.29, 0.717) is 41.4 Å². The number of anilines is 1. The summed E-state index contributed by atoms with van der Waals surface area (Å²) in [6.45, 7) is 7.58. The van der Waals surface area contributed by atoms with Crippen LogP contribution in [0.1, 0.15) is 123 Å². The van der Waals surface area contributed by atoms with Crippen LogP contribution >= 0.6 is 0 Å². The van der Waals surface area contributed by atoms with E-state index in [1.165, 1.54) is 28.7 Å². The number of aromatic nitrogens is 5. The third-order valence-electron chi connectivity index (χ3n) is 16.3. The van der Waals surface area contributed by atoms with Gasteiger partial charge in [-0.15, -0.1) is 0 Å². The van der Waals surface area contributed by atoms with E-state index in [4.69, 9.17) is 10.7 Å². The number of ketones is 1. The number of imidazole rings is 1. The molecule has 10 rings (SSSR count). The van der Waals surface area contributed by atoms with Gasteiger partial charge in [0.05, 0.1) is 24.2 Å². The number of hydrogen-bond donors (Lipinski definition) is 3. The average Bonchev–Trinajstić information content (AvgIpc) is 3.84. The summed E-state index contributed by atoms with van der Waals surface area (Å²) in [5.74, 6) is 2.18. The van der Waals surface area contributed by atoms with Crippen LogP contribution in [0, 0.1) is 17.8 Å². The van der Waals surface area contributed by atoms with Crippen molar-refractivity contribution in [3.05, 3.63) is 112 Å². The molecule has 69 heavy (non-hydrogen) atoms. The SMILES string of the molecule is C[C@@H](c1cc2c(-c3ccc(N)nc3)ccnc2n1C)N1CCC(c2ccc(C(=O)CC3CCC(CN4CCC(Cc5ccc6c(c5)n(CCO)c(=O)n6C5CCC(=O)NC5=O)CC4)CC3)cc2)CC1. The molecule has 362 valence electrons. The van der Waals surface area contributed by atoms with Crippen LogP contribution in [-0.2, 0) is 29.6 Å². The highest BCUT2D eigenvalue weighted by Gasteiger charge is 2.33. The topological polar surface area (TPSA) is 174 Å². The monoisotopic (exact) mass is 934 g/mol. The number of carbonyl (C=O) groups excluding carboxylic acids is 3. The maximum absolute atomic E-state index is 13.6. The van der Waals surface area contributed by atoms with Crippen LogP contribution in [0.4, 0.5) is 5.82 Å². The number of benzene rings is 2. The summed E-state index contributed by atoms with van der Waals surface area (Å²) in [6, 6.07) is 22.3. The lowest BCUT2D eigenvalue weighted by Gasteiger charge is -2.36. The Balaban J connectivity index is 0.660. The average molecular weight is 934 g/mol. The fourth-order valence-corrected chi connectivity index (χ4v) is 12.3. The molecule has 4 fully saturated rings. The molecule has 14 heteroatoms. The second-order valence-electron chi connectivity index (χ2n) is 20.6. The predicted octanol–water partition coefficient (Wildman–Crippen LogP) is 7.58. The molecule has 2 atom stereocenters. The zero-order valence-corrected chi connectivity index (χ0v) is 40.2. The van der Waals surface area contributed by atoms with Crippen molar-refractivity contribution >= 4 is 45.5 Å². The number of nitrogens with zero attached hydrogens (tertiary/aromatic N) is 7. The maximum Gasteiger partial charge on any atom is 0.329 e. The number of amides is 2. The standard InChI is InChI=1S/C55H67N9O5/c1-35(48-32-45-44(17-22-57-53(45)60(48)2)43-12-15-51(56)58-33-43)62-25-20-41(21-26-62)40-8-10-42(11-9-40)50(66)31-36-3-5-38(6-4-36)34-61-23-18-37(19-24-61)29-39-7-13-46-49(30-39)63(27-28-65)55(69)64(46)47-14-16-52(67)59-54(47)68/h7-13,15,17,22,30,32-33,35-38,41,47,65H,3-6,14,16,18-21,23-29,31,34H2,1-2H3,(H2,56,58)(H,59,67,68)/t35-,36?,38?,47?/m0/s1. The molecule has 4 aliphatic rings. The van der Waals surface area contributed by atoms with E-state index >= 15 is 0 Å². The van der Waals surface area contributed by atoms with Crippen LogP contribution in [0.3, 0.4) is 0 Å². The zero-order valence-electron chi connectivity index (χ0n) is 40.2. The van der Waals surface area contributed by atoms with Crippen molar-refractivity contribution in [2.75, 3.05) is 45.1 Å². The summed E-state index contributed by atoms with van der Waals surface area (Å²) in [5, 5.41) is 13.3. The van der Waals surface area contributed by atoms with Gasteiger partial charge < -0.3 is 20.3 Å². The Hall–Kier alpha value is -5.96. The second kappa shape index (κ2) is 20.2. The highest BCUT2D eigenvalue weighted by Crippen LogP contribution is 2.38. The first-order valence-electron chi connectivity index (χ1n) is 25.4. The Labute approximate surface area is 403 Å². The van der Waals surface area contributed by atoms with Crippen molar-refractivity contribution < 1.29 is 19.5 Å². The molecule has 1 unspecified atom stereocenters. The molecule has 6 aromatic rings. The summed E-state index contributed by atoms with van der Waals surface area (Å²) in [4.78, 5) is 65.9. The van der Waals surface area contributed by atoms with Gasteiger partial charge >= 0.3 is 5.69 Å². The van der Waals surface area contributed by atoms with Crippen molar-refractivity contribution in [1.29, 1.82) is 0 Å². The lowest BCUT2D eigenvalue weighted by molar-refractivity contribution is -0.135. The van der Waals surface area contributed by atoms with Crippen molar-refractivity contribution in [2.45, 2.75) is 109 Å². The molecular formula is C55H67N9O5. The molecule has 4 aromatic heterocycles. The number of aliphatic hydroxyl groups excluding tert-OH is 1. The van der Waals surface area contributed by atoms with Crippen LogP contribution in [0.2, 0.25) is 0 Å². The van der Waals surface area contributed by atoms with Crippen LogP contribution < -0.4 is 16.7 Å². The minimum Gasteiger partial charge on any atom is -0.395 e. The van der Waals surface area contributed by atoms with E-state index in [2.05, 4.69) is 87.2 Å². The van der Waals surface area contributed by atoms with Crippen LogP contribution in [0.5, 0.6) is 0 Å². The summed E-state index contributed by atoms with van der Waals surface area (Å²) in [7, 11) is 2.12. The summed E-state index contributed by atoms with van der Waals surface area (Å²) in [5.41, 5.74) is 14.6. The molecule has 1 saturated carbocycles. The van der Waals surface area contributed by atoms with E-state index in [0.717, 1.165) is 116 Å². The van der Waals surface area contributed by atoms with Gasteiger partial charge in [-0.25, -0.2) is 14.8 Å². The molecule has 14 nitrogen and oxygen atoms in total. The number of pyridine rings is 2. The molecule has 2 aromatic carbocycles. The Morgan fingerprint density at radius 2 is 1.58 bits per heavy atom. The van der Waals surface area contributed by atoms with Gasteiger partial charge in [0, 0.05) is 67.1 Å². The normalized spacial score (nSPS) is 21.8. The molecule has 4 N–H and O–H groups in total. The third-order valence-corrected chi connectivity index (χ3v) is 16.3. The van der Waals surface area contributed by atoms with E-state index in [-0.39, 0.29) is 49.4 Å². The first-order chi connectivity index (χ1) is 33.5. The number of nitrogens with two attached hydrogens (primary N) is 1. The van der Waals surface area contributed by atoms with Crippen LogP contribution in [0.15, 0.2) is 83.9 Å². The number of imide groups is 1. The van der Waals surface area contributed by atoms with Gasteiger partial charge in [-0.2, -0.15) is 0 Å². The van der Waals surface area contributed by atoms with Crippen molar-refractivity contribution in [3.63, 3.8) is 0 Å². The molecule has 7 heterocycles. The number of hydrogen-bond acceptors (Lipinski definition) is 10. The lowest BCUT2D eigenvalue weighted by Crippen LogP contribution is -2.44. The van der Waals surface area contributed by atoms with Crippen LogP contribution in [0.25, 0.3) is 33.2 Å². The molecular weight excluding hydrogens is 867 g/mol. The van der Waals surface area contributed by atoms with Gasteiger partial charge in [0.25, 0.3) is 0 Å². The predicted molar refractivity (Wildman–Crippen MR) is 269 cm³/mol. The van der Waals surface area contributed by atoms with Gasteiger partial charge in [-0.1, -0.05) is 30.3 Å². The van der Waals surface area contributed by atoms with Crippen molar-refractivity contribution in [3.8, 4) is 11.1 Å². The highest BCUT2D eigenvalue weighted by atomic mass is 16.3. The second-order valence-corrected chi connectivity index (χ2v) is 20.6. The molecule has 2 amide bonds. The molecule has 3 aliphatic heterocycles. The van der Waals surface area contributed by atoms with E-state index < -0.39 is 11.9 Å². The number of likely N-dealkylation sites (tertiary alicyclic amines) is 2. The fourth-order valence-electron chi connectivity index (χ4n) is 12.3. The van der Waals surface area contributed by atoms with Gasteiger partial charge in [-0.3, -0.25) is 33.7 Å². The van der Waals surface area contributed by atoms with Gasteiger partial charge in [0.2, 0.25) is 11.8 Å². The minimum atomic E-state index is -0.747. The summed E-state index contributed by atoms with van der Waals surface area (Å²) >= 11 is 0. The molecule has 0 bridgehead atoms. The summed E-state index contributed by atoms with van der Waals surface area (Å²) < 4.78 is 5.29. The number of aryl methyl sites for hydroxylation is 1. The third kappa shape index (κ3) is 9.80. The van der Waals surface area contributed by atoms with E-state index in [1.54, 1.807) is 4.57 Å². The van der Waals surface area contributed by atoms with Crippen molar-refractivity contribution in [2.24, 2.45) is 24.8 Å².